The summed E-state index contributed by atoms with van der Waals surface area (Å²) in [5.41, 5.74) is 0.956. The predicted molar refractivity (Wildman–Crippen MR) is 99.4 cm³/mol. The number of methoxy groups -OCH3 is 1. The summed E-state index contributed by atoms with van der Waals surface area (Å²) in [6.45, 7) is 5.26. The molecule has 6 nitrogen and oxygen atoms in total. The van der Waals surface area contributed by atoms with Gasteiger partial charge >= 0.3 is 0 Å². The van der Waals surface area contributed by atoms with Gasteiger partial charge < -0.3 is 14.6 Å². The van der Waals surface area contributed by atoms with Crippen LogP contribution in [0, 0.1) is 18.3 Å². The monoisotopic (exact) mass is 358 g/mol. The Morgan fingerprint density at radius 1 is 1.36 bits per heavy atom. The third-order valence-corrected chi connectivity index (χ3v) is 4.30. The first-order chi connectivity index (χ1) is 12.0. The number of amides is 1. The van der Waals surface area contributed by atoms with E-state index < -0.39 is 0 Å². The Morgan fingerprint density at radius 2 is 2.08 bits per heavy atom. The van der Waals surface area contributed by atoms with Crippen molar-refractivity contribution in [3.8, 4) is 29.5 Å². The van der Waals surface area contributed by atoms with Crippen LogP contribution in [0.1, 0.15) is 13.8 Å². The van der Waals surface area contributed by atoms with Crippen LogP contribution in [-0.2, 0) is 11.3 Å². The fraction of sp³-hybridized carbons (Fsp3) is 0.389. The van der Waals surface area contributed by atoms with E-state index in [9.17, 15) is 4.79 Å². The Hall–Kier alpha value is -2.46. The molecule has 0 saturated carbocycles. The molecule has 0 radical (unpaired) electrons. The lowest BCUT2D eigenvalue weighted by Crippen LogP contribution is -2.25. The van der Waals surface area contributed by atoms with Gasteiger partial charge in [0.25, 0.3) is 0 Å². The molecule has 0 aliphatic carbocycles. The Morgan fingerprint density at radius 3 is 2.68 bits per heavy atom. The normalized spacial score (nSPS) is 10.5. The van der Waals surface area contributed by atoms with Gasteiger partial charge in [-0.3, -0.25) is 4.79 Å². The van der Waals surface area contributed by atoms with Gasteiger partial charge in [-0.1, -0.05) is 31.5 Å². The highest BCUT2D eigenvalue weighted by Gasteiger charge is 2.16. The summed E-state index contributed by atoms with van der Waals surface area (Å²) in [5, 5.41) is 12.0. The van der Waals surface area contributed by atoms with Crippen molar-refractivity contribution >= 4 is 17.7 Å². The predicted octanol–water partition coefficient (Wildman–Crippen LogP) is 2.45. The number of nitrogens with zero attached hydrogens (tertiary/aromatic N) is 3. The van der Waals surface area contributed by atoms with Gasteiger partial charge in [0, 0.05) is 12.1 Å². The molecule has 2 rings (SSSR count). The average Bonchev–Trinajstić information content (AvgIpc) is 3.00. The van der Waals surface area contributed by atoms with Gasteiger partial charge in [-0.15, -0.1) is 16.6 Å². The van der Waals surface area contributed by atoms with Crippen molar-refractivity contribution < 1.29 is 9.53 Å². The number of nitrogens with one attached hydrogen (secondary N) is 1. The summed E-state index contributed by atoms with van der Waals surface area (Å²) in [5.74, 6) is 4.51. The summed E-state index contributed by atoms with van der Waals surface area (Å²) in [7, 11) is 1.64. The molecule has 1 aromatic carbocycles. The molecule has 0 fully saturated rings. The molecule has 0 aliphatic heterocycles. The molecular weight excluding hydrogens is 336 g/mol. The van der Waals surface area contributed by atoms with Crippen LogP contribution in [0.15, 0.2) is 29.4 Å². The molecule has 7 heteroatoms. The summed E-state index contributed by atoms with van der Waals surface area (Å²) >= 11 is 1.35. The highest BCUT2D eigenvalue weighted by atomic mass is 32.2. The fourth-order valence-corrected chi connectivity index (χ4v) is 2.99. The highest BCUT2D eigenvalue weighted by molar-refractivity contribution is 7.99. The fourth-order valence-electron chi connectivity index (χ4n) is 2.21. The standard InChI is InChI=1S/C18H22N4O2S/c1-5-10-19-16(23)12-25-18-21-20-17(22(18)11-13(2)3)14-6-8-15(24-4)9-7-14/h1,6-9,13H,10-12H2,2-4H3,(H,19,23). The van der Waals surface area contributed by atoms with Crippen molar-refractivity contribution in [1.29, 1.82) is 0 Å². The van der Waals surface area contributed by atoms with E-state index in [1.807, 2.05) is 28.8 Å². The first kappa shape index (κ1) is 18.9. The number of thioether (sulfide) groups is 1. The molecular formula is C18H22N4O2S. The van der Waals surface area contributed by atoms with E-state index in [2.05, 4.69) is 35.3 Å². The van der Waals surface area contributed by atoms with Crippen LogP contribution in [0.2, 0.25) is 0 Å². The zero-order valence-corrected chi connectivity index (χ0v) is 15.5. The SMILES string of the molecule is C#CCNC(=O)CSc1nnc(-c2ccc(OC)cc2)n1CC(C)C. The van der Waals surface area contributed by atoms with E-state index in [1.165, 1.54) is 11.8 Å². The molecule has 1 aromatic heterocycles. The van der Waals surface area contributed by atoms with Gasteiger partial charge in [-0.2, -0.15) is 0 Å². The van der Waals surface area contributed by atoms with E-state index >= 15 is 0 Å². The quantitative estimate of drug-likeness (QED) is 0.580. The highest BCUT2D eigenvalue weighted by Crippen LogP contribution is 2.26. The van der Waals surface area contributed by atoms with Gasteiger partial charge in [0.2, 0.25) is 5.91 Å². The second kappa shape index (κ2) is 9.14. The Kier molecular flexibility index (Phi) is 6.90. The molecule has 0 spiro atoms. The van der Waals surface area contributed by atoms with Crippen LogP contribution in [0.4, 0.5) is 0 Å². The van der Waals surface area contributed by atoms with E-state index in [4.69, 9.17) is 11.2 Å². The first-order valence-electron chi connectivity index (χ1n) is 7.95. The lowest BCUT2D eigenvalue weighted by molar-refractivity contribution is -0.118. The lowest BCUT2D eigenvalue weighted by atomic mass is 10.2. The second-order valence-electron chi connectivity index (χ2n) is 5.81. The molecule has 1 N–H and O–H groups in total. The number of carbonyl (C=O) groups excluding carboxylic acids is 1. The van der Waals surface area contributed by atoms with E-state index in [1.54, 1.807) is 7.11 Å². The second-order valence-corrected chi connectivity index (χ2v) is 6.75. The number of terminal acetylenes is 1. The van der Waals surface area contributed by atoms with Gasteiger partial charge in [0.1, 0.15) is 5.75 Å². The molecule has 2 aromatic rings. The zero-order valence-electron chi connectivity index (χ0n) is 14.7. The number of hydrogen-bond acceptors (Lipinski definition) is 5. The summed E-state index contributed by atoms with van der Waals surface area (Å²) < 4.78 is 7.24. The average molecular weight is 358 g/mol. The van der Waals surface area contributed by atoms with Crippen LogP contribution in [-0.4, -0.2) is 40.1 Å². The molecule has 1 heterocycles. The number of benzene rings is 1. The van der Waals surface area contributed by atoms with Crippen LogP contribution < -0.4 is 10.1 Å². The van der Waals surface area contributed by atoms with Gasteiger partial charge in [-0.25, -0.2) is 0 Å². The third-order valence-electron chi connectivity index (χ3n) is 3.33. The lowest BCUT2D eigenvalue weighted by Gasteiger charge is -2.12. The maximum absolute atomic E-state index is 11.8. The Balaban J connectivity index is 2.21. The smallest absolute Gasteiger partial charge is 0.231 e. The third kappa shape index (κ3) is 5.26. The minimum atomic E-state index is -0.118. The minimum Gasteiger partial charge on any atom is -0.497 e. The van der Waals surface area contributed by atoms with Gasteiger partial charge in [-0.05, 0) is 30.2 Å². The molecule has 0 unspecified atom stereocenters. The molecule has 0 saturated heterocycles. The van der Waals surface area contributed by atoms with Crippen LogP contribution in [0.25, 0.3) is 11.4 Å². The van der Waals surface area contributed by atoms with Crippen LogP contribution >= 0.6 is 11.8 Å². The van der Waals surface area contributed by atoms with Crippen molar-refractivity contribution in [1.82, 2.24) is 20.1 Å². The van der Waals surface area contributed by atoms with Crippen molar-refractivity contribution in [3.63, 3.8) is 0 Å². The Labute approximate surface area is 152 Å². The zero-order chi connectivity index (χ0) is 18.2. The van der Waals surface area contributed by atoms with Crippen molar-refractivity contribution in [3.05, 3.63) is 24.3 Å². The number of hydrogen-bond donors (Lipinski definition) is 1. The van der Waals surface area contributed by atoms with Gasteiger partial charge in [0.15, 0.2) is 11.0 Å². The minimum absolute atomic E-state index is 0.118. The molecule has 25 heavy (non-hydrogen) atoms. The molecule has 0 atom stereocenters. The maximum Gasteiger partial charge on any atom is 0.231 e. The first-order valence-corrected chi connectivity index (χ1v) is 8.94. The summed E-state index contributed by atoms with van der Waals surface area (Å²) in [6.07, 6.45) is 5.14. The van der Waals surface area contributed by atoms with Crippen molar-refractivity contribution in [2.24, 2.45) is 5.92 Å². The maximum atomic E-state index is 11.8. The van der Waals surface area contributed by atoms with E-state index in [0.29, 0.717) is 5.92 Å². The van der Waals surface area contributed by atoms with E-state index in [-0.39, 0.29) is 18.2 Å². The van der Waals surface area contributed by atoms with Crippen LogP contribution in [0.3, 0.4) is 0 Å². The number of ether oxygens (including phenoxy) is 1. The topological polar surface area (TPSA) is 69.0 Å². The van der Waals surface area contributed by atoms with Crippen molar-refractivity contribution in [2.75, 3.05) is 19.4 Å². The number of carbonyl (C=O) groups is 1. The number of aromatic nitrogens is 3. The largest absolute Gasteiger partial charge is 0.497 e. The van der Waals surface area contributed by atoms with Crippen LogP contribution in [0.5, 0.6) is 5.75 Å². The number of rotatable bonds is 8. The Bertz CT molecular complexity index is 747. The molecule has 0 aliphatic rings. The molecule has 132 valence electrons. The molecule has 1 amide bonds. The van der Waals surface area contributed by atoms with Crippen molar-refractivity contribution in [2.45, 2.75) is 25.5 Å². The summed E-state index contributed by atoms with van der Waals surface area (Å²) in [4.78, 5) is 11.8. The van der Waals surface area contributed by atoms with Gasteiger partial charge in [0.05, 0.1) is 19.4 Å². The van der Waals surface area contributed by atoms with E-state index in [0.717, 1.165) is 28.8 Å². The summed E-state index contributed by atoms with van der Waals surface area (Å²) in [6, 6.07) is 7.69. The molecule has 0 bridgehead atoms.